The van der Waals surface area contributed by atoms with Gasteiger partial charge in [-0.3, -0.25) is 0 Å². The second-order valence-electron chi connectivity index (χ2n) is 4.02. The molecule has 22 heavy (non-hydrogen) atoms. The molecular weight excluding hydrogens is 366 g/mol. The number of rotatable bonds is 3. The van der Waals surface area contributed by atoms with Crippen LogP contribution in [0.2, 0.25) is 15.1 Å². The Labute approximate surface area is 149 Å². The molecular formula is C14H12Cl4N4. The molecule has 0 unspecified atom stereocenters. The van der Waals surface area contributed by atoms with Crippen molar-refractivity contribution < 1.29 is 0 Å². The normalized spacial score (nSPS) is 11.3. The van der Waals surface area contributed by atoms with Crippen molar-refractivity contribution in [1.82, 2.24) is 5.43 Å². The molecule has 8 heteroatoms. The van der Waals surface area contributed by atoms with E-state index in [4.69, 9.17) is 40.5 Å². The largest absolute Gasteiger partial charge is 0.368 e. The first-order valence-corrected chi connectivity index (χ1v) is 7.02. The first-order chi connectivity index (χ1) is 10.0. The molecule has 116 valence electrons. The summed E-state index contributed by atoms with van der Waals surface area (Å²) in [6, 6.07) is 12.1. The van der Waals surface area contributed by atoms with Gasteiger partial charge in [-0.1, -0.05) is 40.9 Å². The van der Waals surface area contributed by atoms with E-state index < -0.39 is 0 Å². The van der Waals surface area contributed by atoms with Gasteiger partial charge in [0, 0.05) is 5.02 Å². The highest BCUT2D eigenvalue weighted by atomic mass is 35.5. The second-order valence-corrected chi connectivity index (χ2v) is 5.27. The van der Waals surface area contributed by atoms with Gasteiger partial charge >= 0.3 is 0 Å². The fraction of sp³-hybridized carbons (Fsp3) is 0. The molecule has 3 N–H and O–H groups in total. The molecule has 0 bridgehead atoms. The van der Waals surface area contributed by atoms with E-state index >= 15 is 0 Å². The molecule has 0 spiro atoms. The number of guanidine groups is 1. The van der Waals surface area contributed by atoms with Crippen LogP contribution >= 0.6 is 47.2 Å². The van der Waals surface area contributed by atoms with E-state index in [1.165, 1.54) is 0 Å². The zero-order valence-electron chi connectivity index (χ0n) is 11.1. The van der Waals surface area contributed by atoms with E-state index in [9.17, 15) is 0 Å². The minimum absolute atomic E-state index is 0. The lowest BCUT2D eigenvalue weighted by Gasteiger charge is -2.00. The Balaban J connectivity index is 0.00000242. The predicted molar refractivity (Wildman–Crippen MR) is 97.2 cm³/mol. The summed E-state index contributed by atoms with van der Waals surface area (Å²) in [7, 11) is 0. The van der Waals surface area contributed by atoms with Gasteiger partial charge in [0.15, 0.2) is 0 Å². The first kappa shape index (κ1) is 18.6. The van der Waals surface area contributed by atoms with Crippen LogP contribution in [-0.2, 0) is 0 Å². The molecule has 2 aromatic carbocycles. The fourth-order valence-electron chi connectivity index (χ4n) is 1.45. The van der Waals surface area contributed by atoms with Gasteiger partial charge in [-0.15, -0.1) is 12.4 Å². The number of aliphatic imine (C=N–C) groups is 1. The van der Waals surface area contributed by atoms with Crippen LogP contribution in [0, 0.1) is 0 Å². The average Bonchev–Trinajstić information content (AvgIpc) is 2.45. The van der Waals surface area contributed by atoms with Gasteiger partial charge in [0.2, 0.25) is 5.96 Å². The highest BCUT2D eigenvalue weighted by Gasteiger charge is 1.97. The monoisotopic (exact) mass is 376 g/mol. The molecule has 0 aliphatic carbocycles. The van der Waals surface area contributed by atoms with Crippen molar-refractivity contribution in [3.63, 3.8) is 0 Å². The van der Waals surface area contributed by atoms with Crippen molar-refractivity contribution in [1.29, 1.82) is 0 Å². The molecule has 0 saturated heterocycles. The van der Waals surface area contributed by atoms with Crippen LogP contribution in [0.25, 0.3) is 0 Å². The summed E-state index contributed by atoms with van der Waals surface area (Å²) in [5.74, 6) is 0.161. The highest BCUT2D eigenvalue weighted by molar-refractivity contribution is 6.42. The van der Waals surface area contributed by atoms with Gasteiger partial charge in [-0.05, 0) is 42.0 Å². The van der Waals surface area contributed by atoms with Crippen LogP contribution in [0.3, 0.4) is 0 Å². The molecule has 2 rings (SSSR count). The van der Waals surface area contributed by atoms with E-state index in [0.717, 1.165) is 5.56 Å². The van der Waals surface area contributed by atoms with Crippen LogP contribution in [-0.4, -0.2) is 12.2 Å². The Kier molecular flexibility index (Phi) is 7.48. The number of hydrogen-bond acceptors (Lipinski definition) is 2. The van der Waals surface area contributed by atoms with E-state index in [0.29, 0.717) is 20.8 Å². The third kappa shape index (κ3) is 5.73. The summed E-state index contributed by atoms with van der Waals surface area (Å²) in [4.78, 5) is 4.13. The van der Waals surface area contributed by atoms with Crippen molar-refractivity contribution in [3.8, 4) is 0 Å². The standard InChI is InChI=1S/C14H11Cl3N4.ClH/c15-10-2-4-11(5-3-10)20-14(18)21-19-8-9-1-6-12(16)13(17)7-9;/h1-8H,(H3,18,20,21);1H/b19-8+;. The second kappa shape index (κ2) is 8.86. The van der Waals surface area contributed by atoms with Gasteiger partial charge in [-0.25, -0.2) is 10.4 Å². The van der Waals surface area contributed by atoms with Gasteiger partial charge in [-0.2, -0.15) is 5.10 Å². The highest BCUT2D eigenvalue weighted by Crippen LogP contribution is 2.21. The molecule has 0 atom stereocenters. The molecule has 0 fully saturated rings. The Morgan fingerprint density at radius 3 is 2.32 bits per heavy atom. The number of nitrogens with one attached hydrogen (secondary N) is 1. The molecule has 0 radical (unpaired) electrons. The molecule has 0 aliphatic heterocycles. The SMILES string of the molecule is Cl.NC(=Nc1ccc(Cl)cc1)N/N=C/c1ccc(Cl)c(Cl)c1. The minimum atomic E-state index is 0. The average molecular weight is 378 g/mol. The van der Waals surface area contributed by atoms with Gasteiger partial charge < -0.3 is 5.73 Å². The first-order valence-electron chi connectivity index (χ1n) is 5.88. The number of nitrogens with two attached hydrogens (primary N) is 1. The number of hydrogen-bond donors (Lipinski definition) is 2. The topological polar surface area (TPSA) is 62.8 Å². The maximum atomic E-state index is 5.90. The number of nitrogens with zero attached hydrogens (tertiary/aromatic N) is 2. The summed E-state index contributed by atoms with van der Waals surface area (Å²) < 4.78 is 0. The predicted octanol–water partition coefficient (Wildman–Crippen LogP) is 4.64. The van der Waals surface area contributed by atoms with Gasteiger partial charge in [0.05, 0.1) is 21.9 Å². The molecule has 0 amide bonds. The Hall–Kier alpha value is -1.46. The molecule has 2 aromatic rings. The van der Waals surface area contributed by atoms with Crippen LogP contribution in [0.4, 0.5) is 5.69 Å². The van der Waals surface area contributed by atoms with Gasteiger partial charge in [0.1, 0.15) is 0 Å². The smallest absolute Gasteiger partial charge is 0.214 e. The third-order valence-electron chi connectivity index (χ3n) is 2.41. The number of halogens is 4. The lowest BCUT2D eigenvalue weighted by Crippen LogP contribution is -2.26. The zero-order chi connectivity index (χ0) is 15.2. The van der Waals surface area contributed by atoms with Crippen molar-refractivity contribution in [2.24, 2.45) is 15.8 Å². The fourth-order valence-corrected chi connectivity index (χ4v) is 1.88. The third-order valence-corrected chi connectivity index (χ3v) is 3.40. The summed E-state index contributed by atoms with van der Waals surface area (Å²) in [5.41, 5.74) is 9.79. The Morgan fingerprint density at radius 1 is 1.00 bits per heavy atom. The van der Waals surface area contributed by atoms with Crippen molar-refractivity contribution in [3.05, 3.63) is 63.1 Å². The summed E-state index contributed by atoms with van der Waals surface area (Å²) in [5, 5.41) is 5.56. The van der Waals surface area contributed by atoms with E-state index in [1.807, 2.05) is 0 Å². The lowest BCUT2D eigenvalue weighted by atomic mass is 10.2. The summed E-state index contributed by atoms with van der Waals surface area (Å²) in [6.07, 6.45) is 1.56. The maximum absolute atomic E-state index is 5.90. The summed E-state index contributed by atoms with van der Waals surface area (Å²) >= 11 is 17.5. The molecule has 0 saturated carbocycles. The molecule has 0 aromatic heterocycles. The van der Waals surface area contributed by atoms with Crippen LogP contribution in [0.1, 0.15) is 5.56 Å². The van der Waals surface area contributed by atoms with Crippen LogP contribution < -0.4 is 11.2 Å². The molecule has 4 nitrogen and oxygen atoms in total. The van der Waals surface area contributed by atoms with Crippen molar-refractivity contribution >= 4 is 65.1 Å². The lowest BCUT2D eigenvalue weighted by molar-refractivity contribution is 1.01. The van der Waals surface area contributed by atoms with Gasteiger partial charge in [0.25, 0.3) is 0 Å². The van der Waals surface area contributed by atoms with E-state index in [-0.39, 0.29) is 18.4 Å². The maximum Gasteiger partial charge on any atom is 0.214 e. The minimum Gasteiger partial charge on any atom is -0.368 e. The number of hydrazone groups is 1. The van der Waals surface area contributed by atoms with Crippen molar-refractivity contribution in [2.45, 2.75) is 0 Å². The number of benzene rings is 2. The van der Waals surface area contributed by atoms with Crippen LogP contribution in [0.15, 0.2) is 52.6 Å². The van der Waals surface area contributed by atoms with E-state index in [1.54, 1.807) is 48.7 Å². The zero-order valence-corrected chi connectivity index (χ0v) is 14.2. The quantitative estimate of drug-likeness (QED) is 0.465. The molecule has 0 heterocycles. The Morgan fingerprint density at radius 2 is 1.68 bits per heavy atom. The van der Waals surface area contributed by atoms with Crippen LogP contribution in [0.5, 0.6) is 0 Å². The van der Waals surface area contributed by atoms with E-state index in [2.05, 4.69) is 15.5 Å². The Bertz CT molecular complexity index is 684. The summed E-state index contributed by atoms with van der Waals surface area (Å²) in [6.45, 7) is 0. The van der Waals surface area contributed by atoms with Crippen molar-refractivity contribution in [2.75, 3.05) is 0 Å². The molecule has 0 aliphatic rings.